The highest BCUT2D eigenvalue weighted by Crippen LogP contribution is 2.22. The Morgan fingerprint density at radius 3 is 2.41 bits per heavy atom. The number of carboxylic acids is 1. The van der Waals surface area contributed by atoms with Gasteiger partial charge in [0.25, 0.3) is 11.8 Å². The van der Waals surface area contributed by atoms with Gasteiger partial charge in [-0.15, -0.1) is 11.3 Å². The predicted octanol–water partition coefficient (Wildman–Crippen LogP) is 3.01. The SMILES string of the molecule is O=C(O)CC1CCN(C(=O)c2ccc(CNC(=O)c3cccs3)cc2)CC1. The number of piperidine rings is 1. The number of thiophene rings is 1. The fraction of sp³-hybridized carbons (Fsp3) is 0.350. The maximum absolute atomic E-state index is 12.6. The monoisotopic (exact) mass is 386 g/mol. The molecule has 6 nitrogen and oxygen atoms in total. The van der Waals surface area contributed by atoms with Crippen molar-refractivity contribution < 1.29 is 19.5 Å². The van der Waals surface area contributed by atoms with Gasteiger partial charge in [0, 0.05) is 31.6 Å². The fourth-order valence-electron chi connectivity index (χ4n) is 3.21. The van der Waals surface area contributed by atoms with E-state index in [4.69, 9.17) is 5.11 Å². The number of nitrogens with zero attached hydrogens (tertiary/aromatic N) is 1. The molecule has 0 saturated carbocycles. The largest absolute Gasteiger partial charge is 0.481 e. The molecule has 0 radical (unpaired) electrons. The number of rotatable bonds is 6. The molecule has 1 saturated heterocycles. The summed E-state index contributed by atoms with van der Waals surface area (Å²) in [6.45, 7) is 1.59. The van der Waals surface area contributed by atoms with Crippen molar-refractivity contribution in [2.75, 3.05) is 13.1 Å². The lowest BCUT2D eigenvalue weighted by atomic mass is 9.93. The second-order valence-electron chi connectivity index (χ2n) is 6.69. The van der Waals surface area contributed by atoms with Crippen molar-refractivity contribution in [2.24, 2.45) is 5.92 Å². The van der Waals surface area contributed by atoms with Crippen LogP contribution in [0.3, 0.4) is 0 Å². The van der Waals surface area contributed by atoms with Gasteiger partial charge in [-0.3, -0.25) is 14.4 Å². The van der Waals surface area contributed by atoms with Crippen LogP contribution in [0, 0.1) is 5.92 Å². The Morgan fingerprint density at radius 2 is 1.81 bits per heavy atom. The molecule has 1 aliphatic rings. The second-order valence-corrected chi connectivity index (χ2v) is 7.64. The molecule has 2 aromatic rings. The molecular weight excluding hydrogens is 364 g/mol. The molecule has 142 valence electrons. The number of benzene rings is 1. The molecule has 2 amide bonds. The van der Waals surface area contributed by atoms with Gasteiger partial charge in [0.1, 0.15) is 0 Å². The van der Waals surface area contributed by atoms with Crippen LogP contribution in [0.4, 0.5) is 0 Å². The highest BCUT2D eigenvalue weighted by Gasteiger charge is 2.24. The minimum absolute atomic E-state index is 0.0297. The Kier molecular flexibility index (Phi) is 6.24. The average Bonchev–Trinajstić information content (AvgIpc) is 3.21. The standard InChI is InChI=1S/C20H22N2O4S/c23-18(24)12-14-7-9-22(10-8-14)20(26)16-5-3-15(4-6-16)13-21-19(25)17-2-1-11-27-17/h1-6,11,14H,7-10,12-13H2,(H,21,25)(H,23,24). The molecule has 1 aromatic carbocycles. The molecule has 7 heteroatoms. The van der Waals surface area contributed by atoms with Gasteiger partial charge >= 0.3 is 5.97 Å². The number of hydrogen-bond donors (Lipinski definition) is 2. The first kappa shape index (κ1) is 19.1. The number of carbonyl (C=O) groups is 3. The van der Waals surface area contributed by atoms with Crippen LogP contribution >= 0.6 is 11.3 Å². The van der Waals surface area contributed by atoms with Gasteiger partial charge in [-0.2, -0.15) is 0 Å². The molecule has 27 heavy (non-hydrogen) atoms. The maximum atomic E-state index is 12.6. The summed E-state index contributed by atoms with van der Waals surface area (Å²) in [6.07, 6.45) is 1.63. The number of carboxylic acid groups (broad SMARTS) is 1. The molecule has 2 heterocycles. The van der Waals surface area contributed by atoms with Crippen LogP contribution in [-0.2, 0) is 11.3 Å². The third kappa shape index (κ3) is 5.17. The van der Waals surface area contributed by atoms with Gasteiger partial charge < -0.3 is 15.3 Å². The summed E-state index contributed by atoms with van der Waals surface area (Å²) in [7, 11) is 0. The van der Waals surface area contributed by atoms with E-state index in [9.17, 15) is 14.4 Å². The first-order valence-electron chi connectivity index (χ1n) is 8.94. The van der Waals surface area contributed by atoms with Gasteiger partial charge in [0.2, 0.25) is 0 Å². The van der Waals surface area contributed by atoms with E-state index in [1.807, 2.05) is 23.6 Å². The summed E-state index contributed by atoms with van der Waals surface area (Å²) in [5.41, 5.74) is 1.54. The summed E-state index contributed by atoms with van der Waals surface area (Å²) in [5, 5.41) is 13.6. The van der Waals surface area contributed by atoms with E-state index >= 15 is 0 Å². The van der Waals surface area contributed by atoms with Crippen LogP contribution in [-0.4, -0.2) is 40.9 Å². The molecule has 1 fully saturated rings. The predicted molar refractivity (Wildman–Crippen MR) is 103 cm³/mol. The lowest BCUT2D eigenvalue weighted by Gasteiger charge is -2.31. The molecule has 0 unspecified atom stereocenters. The molecule has 1 aliphatic heterocycles. The molecule has 0 aliphatic carbocycles. The zero-order chi connectivity index (χ0) is 19.2. The highest BCUT2D eigenvalue weighted by molar-refractivity contribution is 7.12. The molecule has 0 spiro atoms. The number of likely N-dealkylation sites (tertiary alicyclic amines) is 1. The molecule has 1 aromatic heterocycles. The smallest absolute Gasteiger partial charge is 0.303 e. The second kappa shape index (κ2) is 8.81. The van der Waals surface area contributed by atoms with Crippen LogP contribution in [0.1, 0.15) is 44.9 Å². The van der Waals surface area contributed by atoms with Gasteiger partial charge in [0.15, 0.2) is 0 Å². The first-order chi connectivity index (χ1) is 13.0. The minimum atomic E-state index is -0.776. The summed E-state index contributed by atoms with van der Waals surface area (Å²) in [4.78, 5) is 37.8. The van der Waals surface area contributed by atoms with E-state index in [1.165, 1.54) is 11.3 Å². The highest BCUT2D eigenvalue weighted by atomic mass is 32.1. The normalized spacial score (nSPS) is 14.7. The van der Waals surface area contributed by atoms with Crippen LogP contribution in [0.5, 0.6) is 0 Å². The summed E-state index contributed by atoms with van der Waals surface area (Å²) < 4.78 is 0. The third-order valence-corrected chi connectivity index (χ3v) is 5.63. The Bertz CT molecular complexity index is 794. The zero-order valence-corrected chi connectivity index (χ0v) is 15.7. The van der Waals surface area contributed by atoms with E-state index in [0.717, 1.165) is 18.4 Å². The van der Waals surface area contributed by atoms with Gasteiger partial charge in [-0.1, -0.05) is 18.2 Å². The number of hydrogen-bond acceptors (Lipinski definition) is 4. The van der Waals surface area contributed by atoms with Crippen molar-refractivity contribution >= 4 is 29.1 Å². The summed E-state index contributed by atoms with van der Waals surface area (Å²) in [6, 6.07) is 10.9. The molecule has 0 bridgehead atoms. The van der Waals surface area contributed by atoms with Crippen molar-refractivity contribution in [3.63, 3.8) is 0 Å². The van der Waals surface area contributed by atoms with Crippen LogP contribution in [0.15, 0.2) is 41.8 Å². The van der Waals surface area contributed by atoms with Gasteiger partial charge in [-0.05, 0) is 47.9 Å². The van der Waals surface area contributed by atoms with E-state index < -0.39 is 5.97 Å². The Labute approximate surface area is 161 Å². The molecule has 2 N–H and O–H groups in total. The van der Waals surface area contributed by atoms with E-state index in [1.54, 1.807) is 23.1 Å². The Morgan fingerprint density at radius 1 is 1.11 bits per heavy atom. The summed E-state index contributed by atoms with van der Waals surface area (Å²) >= 11 is 1.40. The van der Waals surface area contributed by atoms with Crippen LogP contribution < -0.4 is 5.32 Å². The Balaban J connectivity index is 1.50. The number of aliphatic carboxylic acids is 1. The maximum Gasteiger partial charge on any atom is 0.303 e. The van der Waals surface area contributed by atoms with Crippen LogP contribution in [0.25, 0.3) is 0 Å². The summed E-state index contributed by atoms with van der Waals surface area (Å²) in [5.74, 6) is -0.755. The molecular formula is C20H22N2O4S. The van der Waals surface area contributed by atoms with Crippen molar-refractivity contribution in [1.82, 2.24) is 10.2 Å². The zero-order valence-electron chi connectivity index (χ0n) is 14.9. The Hall–Kier alpha value is -2.67. The van der Waals surface area contributed by atoms with E-state index in [2.05, 4.69) is 5.32 Å². The quantitative estimate of drug-likeness (QED) is 0.799. The fourth-order valence-corrected chi connectivity index (χ4v) is 3.85. The van der Waals surface area contributed by atoms with Crippen molar-refractivity contribution in [3.05, 3.63) is 57.8 Å². The lowest BCUT2D eigenvalue weighted by Crippen LogP contribution is -2.38. The molecule has 0 atom stereocenters. The van der Waals surface area contributed by atoms with Crippen molar-refractivity contribution in [3.8, 4) is 0 Å². The van der Waals surface area contributed by atoms with E-state index in [-0.39, 0.29) is 24.2 Å². The number of amides is 2. The van der Waals surface area contributed by atoms with Gasteiger partial charge in [0.05, 0.1) is 4.88 Å². The van der Waals surface area contributed by atoms with Crippen LogP contribution in [0.2, 0.25) is 0 Å². The van der Waals surface area contributed by atoms with Crippen molar-refractivity contribution in [1.29, 1.82) is 0 Å². The minimum Gasteiger partial charge on any atom is -0.481 e. The van der Waals surface area contributed by atoms with E-state index in [0.29, 0.717) is 30.1 Å². The first-order valence-corrected chi connectivity index (χ1v) is 9.82. The number of carbonyl (C=O) groups excluding carboxylic acids is 2. The number of nitrogens with one attached hydrogen (secondary N) is 1. The average molecular weight is 386 g/mol. The lowest BCUT2D eigenvalue weighted by molar-refractivity contribution is -0.138. The third-order valence-electron chi connectivity index (χ3n) is 4.76. The topological polar surface area (TPSA) is 86.7 Å². The van der Waals surface area contributed by atoms with Crippen molar-refractivity contribution in [2.45, 2.75) is 25.8 Å². The van der Waals surface area contributed by atoms with Gasteiger partial charge in [-0.25, -0.2) is 0 Å². The molecule has 3 rings (SSSR count).